The number of thiophene rings is 1. The van der Waals surface area contributed by atoms with Gasteiger partial charge in [0.25, 0.3) is 0 Å². The zero-order valence-electron chi connectivity index (χ0n) is 10.6. The number of ether oxygens (including phenoxy) is 2. The maximum atomic E-state index is 13.5. The van der Waals surface area contributed by atoms with E-state index in [1.807, 2.05) is 0 Å². The molecule has 19 heavy (non-hydrogen) atoms. The molecule has 1 aromatic carbocycles. The molecule has 0 saturated heterocycles. The second-order valence-electron chi connectivity index (χ2n) is 3.92. The number of halogens is 1. The van der Waals surface area contributed by atoms with E-state index in [0.29, 0.717) is 16.2 Å². The van der Waals surface area contributed by atoms with Crippen molar-refractivity contribution in [2.45, 2.75) is 6.42 Å². The zero-order chi connectivity index (χ0) is 13.8. The van der Waals surface area contributed by atoms with Gasteiger partial charge in [0.15, 0.2) is 17.3 Å². The van der Waals surface area contributed by atoms with Crippen LogP contribution >= 0.6 is 11.3 Å². The Morgan fingerprint density at radius 1 is 1.26 bits per heavy atom. The smallest absolute Gasteiger partial charge is 0.177 e. The lowest BCUT2D eigenvalue weighted by atomic mass is 10.1. The molecule has 0 aliphatic carbocycles. The molecule has 0 amide bonds. The van der Waals surface area contributed by atoms with Gasteiger partial charge in [0, 0.05) is 17.9 Å². The highest BCUT2D eigenvalue weighted by Gasteiger charge is 2.12. The number of methoxy groups -OCH3 is 2. The van der Waals surface area contributed by atoms with E-state index < -0.39 is 5.82 Å². The van der Waals surface area contributed by atoms with Gasteiger partial charge >= 0.3 is 0 Å². The molecule has 5 heteroatoms. The average Bonchev–Trinajstić information content (AvgIpc) is 2.88. The monoisotopic (exact) mass is 280 g/mol. The zero-order valence-corrected chi connectivity index (χ0v) is 11.4. The lowest BCUT2D eigenvalue weighted by Crippen LogP contribution is -2.02. The standard InChI is InChI=1S/C14H13FO3S/c1-17-10-7-14(19-8-10)12(16)6-9-3-4-13(18-2)11(15)5-9/h3-5,7-8H,6H2,1-2H3. The summed E-state index contributed by atoms with van der Waals surface area (Å²) in [6.45, 7) is 0. The van der Waals surface area contributed by atoms with Crippen LogP contribution in [0.5, 0.6) is 11.5 Å². The summed E-state index contributed by atoms with van der Waals surface area (Å²) in [5.41, 5.74) is 0.621. The number of Topliss-reactive ketones (excluding diaryl/α,β-unsaturated/α-hetero) is 1. The summed E-state index contributed by atoms with van der Waals surface area (Å²) in [6.07, 6.45) is 0.157. The van der Waals surface area contributed by atoms with Crippen molar-refractivity contribution < 1.29 is 18.7 Å². The van der Waals surface area contributed by atoms with Crippen molar-refractivity contribution in [3.05, 3.63) is 45.9 Å². The van der Waals surface area contributed by atoms with Crippen LogP contribution in [0.25, 0.3) is 0 Å². The SMILES string of the molecule is COc1csc(C(=O)Cc2ccc(OC)c(F)c2)c1. The van der Waals surface area contributed by atoms with Crippen LogP contribution in [0.4, 0.5) is 4.39 Å². The lowest BCUT2D eigenvalue weighted by molar-refractivity contribution is 0.0996. The molecule has 0 atom stereocenters. The fourth-order valence-electron chi connectivity index (χ4n) is 1.66. The van der Waals surface area contributed by atoms with Crippen molar-refractivity contribution in [2.75, 3.05) is 14.2 Å². The first kappa shape index (κ1) is 13.5. The molecular weight excluding hydrogens is 267 g/mol. The highest BCUT2D eigenvalue weighted by Crippen LogP contribution is 2.24. The van der Waals surface area contributed by atoms with Crippen LogP contribution in [-0.4, -0.2) is 20.0 Å². The predicted molar refractivity (Wildman–Crippen MR) is 71.9 cm³/mol. The van der Waals surface area contributed by atoms with Gasteiger partial charge in [-0.25, -0.2) is 4.39 Å². The first-order valence-electron chi connectivity index (χ1n) is 5.62. The summed E-state index contributed by atoms with van der Waals surface area (Å²) in [5, 5.41) is 1.77. The Hall–Kier alpha value is -1.88. The summed E-state index contributed by atoms with van der Waals surface area (Å²) in [7, 11) is 2.95. The van der Waals surface area contributed by atoms with Crippen LogP contribution in [0, 0.1) is 5.82 Å². The maximum absolute atomic E-state index is 13.5. The Labute approximate surface area is 114 Å². The first-order valence-corrected chi connectivity index (χ1v) is 6.50. The second kappa shape index (κ2) is 5.84. The fourth-order valence-corrected chi connectivity index (χ4v) is 2.46. The molecule has 0 saturated carbocycles. The third kappa shape index (κ3) is 3.12. The van der Waals surface area contributed by atoms with E-state index in [-0.39, 0.29) is 18.0 Å². The molecule has 0 N–H and O–H groups in total. The minimum atomic E-state index is -0.462. The molecular formula is C14H13FO3S. The number of carbonyl (C=O) groups is 1. The molecule has 2 rings (SSSR count). The first-order chi connectivity index (χ1) is 9.13. The largest absolute Gasteiger partial charge is 0.496 e. The Kier molecular flexibility index (Phi) is 4.16. The minimum Gasteiger partial charge on any atom is -0.496 e. The molecule has 0 fully saturated rings. The highest BCUT2D eigenvalue weighted by atomic mass is 32.1. The lowest BCUT2D eigenvalue weighted by Gasteiger charge is -2.04. The van der Waals surface area contributed by atoms with Crippen molar-refractivity contribution in [2.24, 2.45) is 0 Å². The summed E-state index contributed by atoms with van der Waals surface area (Å²) < 4.78 is 23.4. The average molecular weight is 280 g/mol. The minimum absolute atomic E-state index is 0.0575. The maximum Gasteiger partial charge on any atom is 0.177 e. The van der Waals surface area contributed by atoms with Crippen molar-refractivity contribution in [3.63, 3.8) is 0 Å². The second-order valence-corrected chi connectivity index (χ2v) is 4.83. The Morgan fingerprint density at radius 2 is 2.05 bits per heavy atom. The van der Waals surface area contributed by atoms with Crippen LogP contribution in [0.3, 0.4) is 0 Å². The number of hydrogen-bond acceptors (Lipinski definition) is 4. The van der Waals surface area contributed by atoms with E-state index in [2.05, 4.69) is 0 Å². The van der Waals surface area contributed by atoms with Crippen LogP contribution < -0.4 is 9.47 Å². The normalized spacial score (nSPS) is 10.3. The number of hydrogen-bond donors (Lipinski definition) is 0. The Bertz CT molecular complexity index is 592. The summed E-state index contributed by atoms with van der Waals surface area (Å²) in [5.74, 6) is 0.317. The predicted octanol–water partition coefficient (Wildman–Crippen LogP) is 3.33. The fraction of sp³-hybridized carbons (Fsp3) is 0.214. The van der Waals surface area contributed by atoms with Gasteiger partial charge in [0.2, 0.25) is 0 Å². The van der Waals surface area contributed by atoms with Gasteiger partial charge in [-0.05, 0) is 17.7 Å². The summed E-state index contributed by atoms with van der Waals surface area (Å²) >= 11 is 1.32. The summed E-state index contributed by atoms with van der Waals surface area (Å²) in [4.78, 5) is 12.6. The van der Waals surface area contributed by atoms with E-state index in [1.54, 1.807) is 24.6 Å². The van der Waals surface area contributed by atoms with Gasteiger partial charge < -0.3 is 9.47 Å². The third-order valence-electron chi connectivity index (χ3n) is 2.67. The number of rotatable bonds is 5. The molecule has 1 aromatic heterocycles. The molecule has 0 unspecified atom stereocenters. The topological polar surface area (TPSA) is 35.5 Å². The number of benzene rings is 1. The van der Waals surface area contributed by atoms with Crippen LogP contribution in [0.2, 0.25) is 0 Å². The van der Waals surface area contributed by atoms with E-state index in [9.17, 15) is 9.18 Å². The molecule has 100 valence electrons. The van der Waals surface area contributed by atoms with Crippen molar-refractivity contribution in [1.82, 2.24) is 0 Å². The molecule has 0 radical (unpaired) electrons. The molecule has 0 aliphatic heterocycles. The van der Waals surface area contributed by atoms with Gasteiger partial charge in [-0.1, -0.05) is 6.07 Å². The van der Waals surface area contributed by atoms with Crippen LogP contribution in [0.15, 0.2) is 29.6 Å². The molecule has 0 bridgehead atoms. The Morgan fingerprint density at radius 3 is 2.63 bits per heavy atom. The van der Waals surface area contributed by atoms with Crippen LogP contribution in [-0.2, 0) is 6.42 Å². The van der Waals surface area contributed by atoms with Gasteiger partial charge in [0.05, 0.1) is 19.1 Å². The van der Waals surface area contributed by atoms with Crippen molar-refractivity contribution in [1.29, 1.82) is 0 Å². The van der Waals surface area contributed by atoms with Gasteiger partial charge in [-0.15, -0.1) is 11.3 Å². The van der Waals surface area contributed by atoms with E-state index >= 15 is 0 Å². The van der Waals surface area contributed by atoms with Crippen molar-refractivity contribution in [3.8, 4) is 11.5 Å². The van der Waals surface area contributed by atoms with Crippen molar-refractivity contribution >= 4 is 17.1 Å². The summed E-state index contributed by atoms with van der Waals surface area (Å²) in [6, 6.07) is 6.21. The molecule has 0 spiro atoms. The molecule has 3 nitrogen and oxygen atoms in total. The molecule has 1 heterocycles. The van der Waals surface area contributed by atoms with Gasteiger partial charge in [-0.3, -0.25) is 4.79 Å². The quantitative estimate of drug-likeness (QED) is 0.788. The van der Waals surface area contributed by atoms with Gasteiger partial charge in [0.1, 0.15) is 5.75 Å². The number of ketones is 1. The number of carbonyl (C=O) groups excluding carboxylic acids is 1. The Balaban J connectivity index is 2.12. The van der Waals surface area contributed by atoms with Crippen LogP contribution in [0.1, 0.15) is 15.2 Å². The molecule has 0 aliphatic rings. The highest BCUT2D eigenvalue weighted by molar-refractivity contribution is 7.12. The van der Waals surface area contributed by atoms with E-state index in [0.717, 1.165) is 0 Å². The molecule has 2 aromatic rings. The van der Waals surface area contributed by atoms with E-state index in [1.165, 1.54) is 30.6 Å². The van der Waals surface area contributed by atoms with E-state index in [4.69, 9.17) is 9.47 Å². The van der Waals surface area contributed by atoms with Gasteiger partial charge in [-0.2, -0.15) is 0 Å². The third-order valence-corrected chi connectivity index (χ3v) is 3.62.